The van der Waals surface area contributed by atoms with E-state index in [1.807, 2.05) is 0 Å². The number of anilines is 2. The van der Waals surface area contributed by atoms with E-state index in [1.54, 1.807) is 68.6 Å². The molecule has 0 fully saturated rings. The van der Waals surface area contributed by atoms with E-state index < -0.39 is 10.0 Å². The summed E-state index contributed by atoms with van der Waals surface area (Å²) in [6.07, 6.45) is 0. The predicted octanol–water partition coefficient (Wildman–Crippen LogP) is 4.74. The SMILES string of the molecule is COc1cc(C)c(S(=O)(=O)Nc2ccc(N(C)C(=O)c3ccc(Cl)cc3)cc2)cc1OC. The van der Waals surface area contributed by atoms with Gasteiger partial charge in [0, 0.05) is 35.1 Å². The van der Waals surface area contributed by atoms with Crippen molar-refractivity contribution in [2.75, 3.05) is 30.9 Å². The molecule has 0 heterocycles. The molecule has 168 valence electrons. The standard InChI is InChI=1S/C23H23ClN2O5S/c1-15-13-20(30-3)21(31-4)14-22(15)32(28,29)25-18-9-11-19(12-10-18)26(2)23(27)16-5-7-17(24)8-6-16/h5-14,25H,1-4H3. The van der Waals surface area contributed by atoms with Crippen LogP contribution in [0.25, 0.3) is 0 Å². The highest BCUT2D eigenvalue weighted by atomic mass is 35.5. The molecule has 3 aromatic rings. The maximum Gasteiger partial charge on any atom is 0.262 e. The molecule has 0 saturated carbocycles. The van der Waals surface area contributed by atoms with Crippen molar-refractivity contribution in [2.45, 2.75) is 11.8 Å². The Hall–Kier alpha value is -3.23. The molecule has 0 radical (unpaired) electrons. The Morgan fingerprint density at radius 3 is 2.06 bits per heavy atom. The number of carbonyl (C=O) groups excluding carboxylic acids is 1. The summed E-state index contributed by atoms with van der Waals surface area (Å²) in [6, 6.07) is 16.1. The molecule has 0 aliphatic rings. The van der Waals surface area contributed by atoms with Crippen molar-refractivity contribution in [3.63, 3.8) is 0 Å². The number of halogens is 1. The summed E-state index contributed by atoms with van der Waals surface area (Å²) in [6.45, 7) is 1.68. The molecular weight excluding hydrogens is 452 g/mol. The van der Waals surface area contributed by atoms with Crippen LogP contribution in [-0.2, 0) is 10.0 Å². The number of nitrogens with zero attached hydrogens (tertiary/aromatic N) is 1. The fourth-order valence-electron chi connectivity index (χ4n) is 3.12. The third-order valence-corrected chi connectivity index (χ3v) is 6.65. The van der Waals surface area contributed by atoms with E-state index in [0.717, 1.165) is 0 Å². The minimum atomic E-state index is -3.88. The van der Waals surface area contributed by atoms with Crippen molar-refractivity contribution in [3.8, 4) is 11.5 Å². The predicted molar refractivity (Wildman–Crippen MR) is 126 cm³/mol. The van der Waals surface area contributed by atoms with Crippen LogP contribution in [0.3, 0.4) is 0 Å². The molecule has 1 amide bonds. The van der Waals surface area contributed by atoms with Crippen molar-refractivity contribution < 1.29 is 22.7 Å². The number of carbonyl (C=O) groups is 1. The molecule has 0 saturated heterocycles. The summed E-state index contributed by atoms with van der Waals surface area (Å²) >= 11 is 5.87. The second-order valence-electron chi connectivity index (χ2n) is 7.00. The zero-order valence-electron chi connectivity index (χ0n) is 18.0. The van der Waals surface area contributed by atoms with Crippen LogP contribution < -0.4 is 19.1 Å². The van der Waals surface area contributed by atoms with Gasteiger partial charge in [0.15, 0.2) is 11.5 Å². The van der Waals surface area contributed by atoms with Gasteiger partial charge in [-0.25, -0.2) is 8.42 Å². The highest BCUT2D eigenvalue weighted by Gasteiger charge is 2.21. The van der Waals surface area contributed by atoms with Crippen LogP contribution in [0.15, 0.2) is 65.6 Å². The Morgan fingerprint density at radius 2 is 1.50 bits per heavy atom. The van der Waals surface area contributed by atoms with Gasteiger partial charge in [-0.2, -0.15) is 0 Å². The summed E-state index contributed by atoms with van der Waals surface area (Å²) in [4.78, 5) is 14.2. The maximum atomic E-state index is 12.9. The van der Waals surface area contributed by atoms with Gasteiger partial charge >= 0.3 is 0 Å². The number of sulfonamides is 1. The summed E-state index contributed by atoms with van der Waals surface area (Å²) < 4.78 is 38.9. The van der Waals surface area contributed by atoms with E-state index in [1.165, 1.54) is 25.2 Å². The van der Waals surface area contributed by atoms with Gasteiger partial charge in [-0.15, -0.1) is 0 Å². The van der Waals surface area contributed by atoms with E-state index in [2.05, 4.69) is 4.72 Å². The number of aryl methyl sites for hydroxylation is 1. The van der Waals surface area contributed by atoms with E-state index >= 15 is 0 Å². The second kappa shape index (κ2) is 9.50. The number of ether oxygens (including phenoxy) is 2. The number of hydrogen-bond donors (Lipinski definition) is 1. The summed E-state index contributed by atoms with van der Waals surface area (Å²) in [5, 5.41) is 0.547. The maximum absolute atomic E-state index is 12.9. The highest BCUT2D eigenvalue weighted by Crippen LogP contribution is 2.33. The second-order valence-corrected chi connectivity index (χ2v) is 9.08. The number of benzene rings is 3. The molecule has 9 heteroatoms. The normalized spacial score (nSPS) is 11.0. The van der Waals surface area contributed by atoms with E-state index in [9.17, 15) is 13.2 Å². The van der Waals surface area contributed by atoms with Crippen LogP contribution in [-0.4, -0.2) is 35.6 Å². The zero-order chi connectivity index (χ0) is 23.5. The molecule has 0 bridgehead atoms. The zero-order valence-corrected chi connectivity index (χ0v) is 19.6. The Balaban J connectivity index is 1.80. The average molecular weight is 475 g/mol. The topological polar surface area (TPSA) is 84.9 Å². The molecule has 0 aromatic heterocycles. The first-order valence-electron chi connectivity index (χ1n) is 9.55. The van der Waals surface area contributed by atoms with E-state index in [-0.39, 0.29) is 10.8 Å². The lowest BCUT2D eigenvalue weighted by atomic mass is 10.2. The van der Waals surface area contributed by atoms with Gasteiger partial charge in [0.2, 0.25) is 0 Å². The number of rotatable bonds is 7. The van der Waals surface area contributed by atoms with Gasteiger partial charge < -0.3 is 14.4 Å². The number of hydrogen-bond acceptors (Lipinski definition) is 5. The van der Waals surface area contributed by atoms with Gasteiger partial charge in [0.1, 0.15) is 0 Å². The Labute approximate surface area is 192 Å². The average Bonchev–Trinajstić information content (AvgIpc) is 2.78. The van der Waals surface area contributed by atoms with Crippen molar-refractivity contribution >= 4 is 38.9 Å². The van der Waals surface area contributed by atoms with Crippen LogP contribution in [0.1, 0.15) is 15.9 Å². The fraction of sp³-hybridized carbons (Fsp3) is 0.174. The summed E-state index contributed by atoms with van der Waals surface area (Å²) in [5.41, 5.74) is 1.97. The van der Waals surface area contributed by atoms with Gasteiger partial charge in [-0.05, 0) is 67.1 Å². The minimum absolute atomic E-state index is 0.0780. The monoisotopic (exact) mass is 474 g/mol. The Kier molecular flexibility index (Phi) is 6.96. The van der Waals surface area contributed by atoms with Crippen LogP contribution in [0.2, 0.25) is 5.02 Å². The number of nitrogens with one attached hydrogen (secondary N) is 1. The van der Waals surface area contributed by atoms with Gasteiger partial charge in [-0.1, -0.05) is 11.6 Å². The van der Waals surface area contributed by atoms with Crippen LogP contribution in [0, 0.1) is 6.92 Å². The molecule has 0 aliphatic heterocycles. The fourth-order valence-corrected chi connectivity index (χ4v) is 4.55. The first-order chi connectivity index (χ1) is 15.2. The smallest absolute Gasteiger partial charge is 0.262 e. The largest absolute Gasteiger partial charge is 0.493 e. The number of amides is 1. The summed E-state index contributed by atoms with van der Waals surface area (Å²) in [5.74, 6) is 0.550. The Bertz CT molecular complexity index is 1230. The summed E-state index contributed by atoms with van der Waals surface area (Å²) in [7, 11) is 0.693. The molecular formula is C23H23ClN2O5S. The molecule has 3 aromatic carbocycles. The molecule has 0 aliphatic carbocycles. The molecule has 0 unspecified atom stereocenters. The molecule has 7 nitrogen and oxygen atoms in total. The van der Waals surface area contributed by atoms with Crippen LogP contribution in [0.4, 0.5) is 11.4 Å². The molecule has 0 atom stereocenters. The molecule has 1 N–H and O–H groups in total. The Morgan fingerprint density at radius 1 is 0.938 bits per heavy atom. The lowest BCUT2D eigenvalue weighted by Gasteiger charge is -2.18. The van der Waals surface area contributed by atoms with Crippen LogP contribution >= 0.6 is 11.6 Å². The van der Waals surface area contributed by atoms with Gasteiger partial charge in [0.25, 0.3) is 15.9 Å². The molecule has 3 rings (SSSR count). The van der Waals surface area contributed by atoms with Crippen molar-refractivity contribution in [2.24, 2.45) is 0 Å². The van der Waals surface area contributed by atoms with Crippen molar-refractivity contribution in [1.29, 1.82) is 0 Å². The third kappa shape index (κ3) is 4.98. The molecule has 32 heavy (non-hydrogen) atoms. The lowest BCUT2D eigenvalue weighted by molar-refractivity contribution is 0.0993. The highest BCUT2D eigenvalue weighted by molar-refractivity contribution is 7.92. The quantitative estimate of drug-likeness (QED) is 0.534. The molecule has 0 spiro atoms. The number of methoxy groups -OCH3 is 2. The van der Waals surface area contributed by atoms with E-state index in [4.69, 9.17) is 21.1 Å². The minimum Gasteiger partial charge on any atom is -0.493 e. The first-order valence-corrected chi connectivity index (χ1v) is 11.4. The van der Waals surface area contributed by atoms with Crippen LogP contribution in [0.5, 0.6) is 11.5 Å². The third-order valence-electron chi connectivity index (χ3n) is 4.87. The van der Waals surface area contributed by atoms with Crippen molar-refractivity contribution in [1.82, 2.24) is 0 Å². The van der Waals surface area contributed by atoms with Crippen molar-refractivity contribution in [3.05, 3.63) is 76.8 Å². The first kappa shape index (κ1) is 23.4. The van der Waals surface area contributed by atoms with Gasteiger partial charge in [0.05, 0.1) is 19.1 Å². The van der Waals surface area contributed by atoms with Gasteiger partial charge in [-0.3, -0.25) is 9.52 Å². The lowest BCUT2D eigenvalue weighted by Crippen LogP contribution is -2.26. The van der Waals surface area contributed by atoms with E-state index in [0.29, 0.717) is 39.0 Å².